The van der Waals surface area contributed by atoms with Crippen LogP contribution in [0.1, 0.15) is 53.9 Å². The van der Waals surface area contributed by atoms with Gasteiger partial charge in [0.15, 0.2) is 0 Å². The largest absolute Gasteiger partial charge is 0.469 e. The number of carbonyl (C=O) groups is 2. The first kappa shape index (κ1) is 21.8. The molecule has 6 heteroatoms. The lowest BCUT2D eigenvalue weighted by atomic mass is 10.00. The number of unbranched alkanes of at least 4 members (excludes halogenated alkanes) is 1. The number of methoxy groups -OCH3 is 1. The van der Waals surface area contributed by atoms with Gasteiger partial charge in [0.2, 0.25) is 0 Å². The monoisotopic (exact) mass is 345 g/mol. The van der Waals surface area contributed by atoms with E-state index in [4.69, 9.17) is 9.47 Å². The molecule has 0 saturated carbocycles. The summed E-state index contributed by atoms with van der Waals surface area (Å²) in [6.45, 7) is 13.1. The molecule has 0 fully saturated rings. The van der Waals surface area contributed by atoms with Crippen molar-refractivity contribution < 1.29 is 19.1 Å². The van der Waals surface area contributed by atoms with Gasteiger partial charge in [-0.15, -0.1) is 6.58 Å². The fraction of sp³-hybridized carbons (Fsp3) is 0.765. The maximum Gasteiger partial charge on any atom is 0.407 e. The van der Waals surface area contributed by atoms with Crippen molar-refractivity contribution in [2.24, 2.45) is 0 Å². The molecule has 1 amide bonds. The fourth-order valence-corrected chi connectivity index (χ4v) is 3.01. The van der Waals surface area contributed by atoms with Crippen LogP contribution in [0.15, 0.2) is 12.7 Å². The van der Waals surface area contributed by atoms with E-state index in [1.807, 2.05) is 19.9 Å². The molecule has 1 atom stereocenters. The Morgan fingerprint density at radius 1 is 1.26 bits per heavy atom. The molecule has 1 N–H and O–H groups in total. The van der Waals surface area contributed by atoms with Crippen molar-refractivity contribution in [3.05, 3.63) is 12.7 Å². The number of ether oxygens (including phenoxy) is 2. The zero-order chi connectivity index (χ0) is 18.1. The summed E-state index contributed by atoms with van der Waals surface area (Å²) in [7, 11) is 1.34. The maximum atomic E-state index is 12.1. The van der Waals surface area contributed by atoms with Crippen LogP contribution in [0, 0.1) is 0 Å². The molecule has 0 heterocycles. The first-order valence-corrected chi connectivity index (χ1v) is 8.81. The van der Waals surface area contributed by atoms with Crippen LogP contribution in [0.4, 0.5) is 4.79 Å². The fourth-order valence-electron chi connectivity index (χ4n) is 1.83. The molecule has 0 aromatic carbocycles. The minimum atomic E-state index is -0.582. The van der Waals surface area contributed by atoms with Crippen molar-refractivity contribution in [2.45, 2.75) is 70.3 Å². The van der Waals surface area contributed by atoms with Gasteiger partial charge in [-0.3, -0.25) is 4.79 Å². The number of hydrogen-bond acceptors (Lipinski definition) is 5. The molecule has 0 aliphatic rings. The van der Waals surface area contributed by atoms with Crippen LogP contribution in [0.3, 0.4) is 0 Å². The number of nitrogens with one attached hydrogen (secondary N) is 1. The number of allylic oxidation sites excluding steroid dienone is 1. The highest BCUT2D eigenvalue weighted by molar-refractivity contribution is 8.00. The summed E-state index contributed by atoms with van der Waals surface area (Å²) in [4.78, 5) is 23.7. The Bertz CT molecular complexity index is 402. The minimum Gasteiger partial charge on any atom is -0.469 e. The summed E-state index contributed by atoms with van der Waals surface area (Å²) in [6, 6.07) is -0.376. The Morgan fingerprint density at radius 3 is 2.35 bits per heavy atom. The van der Waals surface area contributed by atoms with Gasteiger partial charge in [0.05, 0.1) is 19.6 Å². The van der Waals surface area contributed by atoms with Crippen LogP contribution < -0.4 is 5.32 Å². The number of rotatable bonds is 9. The number of hydrogen-bond donors (Lipinski definition) is 1. The summed E-state index contributed by atoms with van der Waals surface area (Å²) >= 11 is 1.71. The van der Waals surface area contributed by atoms with E-state index in [9.17, 15) is 9.59 Å². The van der Waals surface area contributed by atoms with Gasteiger partial charge in [-0.25, -0.2) is 4.79 Å². The van der Waals surface area contributed by atoms with Crippen LogP contribution in [0.25, 0.3) is 0 Å². The molecule has 0 bridgehead atoms. The second-order valence-electron chi connectivity index (χ2n) is 6.86. The molecule has 0 aromatic heterocycles. The van der Waals surface area contributed by atoms with Gasteiger partial charge in [0.25, 0.3) is 0 Å². The zero-order valence-electron chi connectivity index (χ0n) is 15.2. The van der Waals surface area contributed by atoms with Crippen molar-refractivity contribution in [1.82, 2.24) is 5.32 Å². The second kappa shape index (κ2) is 9.85. The number of thioether (sulfide) groups is 1. The Balaban J connectivity index is 4.86. The van der Waals surface area contributed by atoms with Gasteiger partial charge >= 0.3 is 12.1 Å². The molecule has 0 aliphatic heterocycles. The summed E-state index contributed by atoms with van der Waals surface area (Å²) in [5, 5.41) is 2.82. The van der Waals surface area contributed by atoms with Gasteiger partial charge in [-0.2, -0.15) is 11.8 Å². The highest BCUT2D eigenvalue weighted by Gasteiger charge is 2.34. The van der Waals surface area contributed by atoms with E-state index in [1.165, 1.54) is 7.11 Å². The number of amides is 1. The summed E-state index contributed by atoms with van der Waals surface area (Å²) in [5.41, 5.74) is -0.582. The third-order valence-corrected chi connectivity index (χ3v) is 4.68. The topological polar surface area (TPSA) is 64.6 Å². The SMILES string of the molecule is C=CCCCSC(C)(C)[C@@H](CC(=O)OC)NC(=O)OC(C)(C)C. The highest BCUT2D eigenvalue weighted by atomic mass is 32.2. The summed E-state index contributed by atoms with van der Waals surface area (Å²) in [6.07, 6.45) is 3.43. The Labute approximate surface area is 144 Å². The summed E-state index contributed by atoms with van der Waals surface area (Å²) in [5.74, 6) is 0.568. The van der Waals surface area contributed by atoms with Crippen LogP contribution in [0.2, 0.25) is 0 Å². The first-order chi connectivity index (χ1) is 10.5. The zero-order valence-corrected chi connectivity index (χ0v) is 16.0. The lowest BCUT2D eigenvalue weighted by Crippen LogP contribution is -2.50. The van der Waals surface area contributed by atoms with Crippen molar-refractivity contribution >= 4 is 23.8 Å². The van der Waals surface area contributed by atoms with Crippen LogP contribution in [0.5, 0.6) is 0 Å². The lowest BCUT2D eigenvalue weighted by Gasteiger charge is -2.34. The first-order valence-electron chi connectivity index (χ1n) is 7.83. The van der Waals surface area contributed by atoms with Gasteiger partial charge in [0, 0.05) is 4.75 Å². The van der Waals surface area contributed by atoms with E-state index in [2.05, 4.69) is 11.9 Å². The smallest absolute Gasteiger partial charge is 0.407 e. The number of esters is 1. The molecular formula is C17H31NO4S. The predicted octanol–water partition coefficient (Wildman–Crippen LogP) is 3.92. The van der Waals surface area contributed by atoms with E-state index >= 15 is 0 Å². The van der Waals surface area contributed by atoms with Crippen LogP contribution in [-0.4, -0.2) is 41.3 Å². The van der Waals surface area contributed by atoms with Crippen LogP contribution >= 0.6 is 11.8 Å². The molecule has 23 heavy (non-hydrogen) atoms. The van der Waals surface area contributed by atoms with E-state index in [0.717, 1.165) is 18.6 Å². The van der Waals surface area contributed by atoms with E-state index in [0.29, 0.717) is 0 Å². The van der Waals surface area contributed by atoms with Crippen molar-refractivity contribution in [3.63, 3.8) is 0 Å². The third-order valence-electron chi connectivity index (χ3n) is 3.16. The normalized spacial score (nSPS) is 13.1. The van der Waals surface area contributed by atoms with Crippen LogP contribution in [-0.2, 0) is 14.3 Å². The number of carbonyl (C=O) groups excluding carboxylic acids is 2. The van der Waals surface area contributed by atoms with E-state index < -0.39 is 11.7 Å². The predicted molar refractivity (Wildman–Crippen MR) is 95.8 cm³/mol. The Morgan fingerprint density at radius 2 is 1.87 bits per heavy atom. The van der Waals surface area contributed by atoms with Crippen molar-refractivity contribution in [2.75, 3.05) is 12.9 Å². The number of alkyl carbamates (subject to hydrolysis) is 1. The average molecular weight is 346 g/mol. The second-order valence-corrected chi connectivity index (χ2v) is 8.61. The molecule has 0 rings (SSSR count). The van der Waals surface area contributed by atoms with E-state index in [1.54, 1.807) is 32.5 Å². The molecule has 134 valence electrons. The quantitative estimate of drug-likeness (QED) is 0.390. The standard InChI is InChI=1S/C17H31NO4S/c1-8-9-10-11-23-17(5,6)13(12-14(19)21-7)18-15(20)22-16(2,3)4/h8,13H,1,9-12H2,2-7H3,(H,18,20)/t13-/m1/s1. The highest BCUT2D eigenvalue weighted by Crippen LogP contribution is 2.31. The van der Waals surface area contributed by atoms with Gasteiger partial charge < -0.3 is 14.8 Å². The third kappa shape index (κ3) is 10.3. The van der Waals surface area contributed by atoms with Crippen molar-refractivity contribution in [1.29, 1.82) is 0 Å². The molecule has 0 aromatic rings. The molecular weight excluding hydrogens is 314 g/mol. The molecule has 5 nitrogen and oxygen atoms in total. The lowest BCUT2D eigenvalue weighted by molar-refractivity contribution is -0.141. The molecule has 0 saturated heterocycles. The summed E-state index contributed by atoms with van der Waals surface area (Å²) < 4.78 is 9.72. The molecule has 0 radical (unpaired) electrons. The minimum absolute atomic E-state index is 0.108. The van der Waals surface area contributed by atoms with Gasteiger partial charge in [-0.05, 0) is 53.2 Å². The average Bonchev–Trinajstić information content (AvgIpc) is 2.40. The molecule has 0 spiro atoms. The Hall–Kier alpha value is -1.17. The Kier molecular flexibility index (Phi) is 9.35. The molecule has 0 unspecified atom stereocenters. The maximum absolute atomic E-state index is 12.1. The van der Waals surface area contributed by atoms with Gasteiger partial charge in [0.1, 0.15) is 5.60 Å². The van der Waals surface area contributed by atoms with E-state index in [-0.39, 0.29) is 23.2 Å². The molecule has 0 aliphatic carbocycles. The van der Waals surface area contributed by atoms with Gasteiger partial charge in [-0.1, -0.05) is 6.08 Å². The van der Waals surface area contributed by atoms with Crippen molar-refractivity contribution in [3.8, 4) is 0 Å².